The third-order valence-corrected chi connectivity index (χ3v) is 5.29. The summed E-state index contributed by atoms with van der Waals surface area (Å²) in [5.74, 6) is 0.851. The van der Waals surface area contributed by atoms with Gasteiger partial charge < -0.3 is 14.8 Å². The molecule has 2 heterocycles. The molecule has 28 heavy (non-hydrogen) atoms. The van der Waals surface area contributed by atoms with E-state index in [-0.39, 0.29) is 12.2 Å². The quantitative estimate of drug-likeness (QED) is 0.616. The third kappa shape index (κ3) is 4.48. The van der Waals surface area contributed by atoms with Crippen molar-refractivity contribution in [3.8, 4) is 0 Å². The summed E-state index contributed by atoms with van der Waals surface area (Å²) in [7, 11) is 0. The topological polar surface area (TPSA) is 85.0 Å². The number of nitrogens with zero attached hydrogens (tertiary/aromatic N) is 3. The highest BCUT2D eigenvalue weighted by Crippen LogP contribution is 2.27. The summed E-state index contributed by atoms with van der Waals surface area (Å²) >= 11 is 0. The van der Waals surface area contributed by atoms with Crippen LogP contribution in [0.25, 0.3) is 11.0 Å². The van der Waals surface area contributed by atoms with Crippen LogP contribution in [0.2, 0.25) is 0 Å². The Hall–Kier alpha value is -2.51. The summed E-state index contributed by atoms with van der Waals surface area (Å²) in [6, 6.07) is 10.7. The Morgan fingerprint density at radius 2 is 1.96 bits per heavy atom. The van der Waals surface area contributed by atoms with Gasteiger partial charge in [0.1, 0.15) is 18.2 Å². The second kappa shape index (κ2) is 9.12. The van der Waals surface area contributed by atoms with Crippen LogP contribution in [0.1, 0.15) is 44.3 Å². The fraction of sp³-hybridized carbons (Fsp3) is 0.476. The lowest BCUT2D eigenvalue weighted by Crippen LogP contribution is -2.31. The average Bonchev–Trinajstić information content (AvgIpc) is 3.23. The molecular formula is C21H27N5O2. The lowest BCUT2D eigenvalue weighted by molar-refractivity contribution is -0.0527. The van der Waals surface area contributed by atoms with Crippen LogP contribution >= 0.6 is 0 Å². The second-order valence-electron chi connectivity index (χ2n) is 7.16. The van der Waals surface area contributed by atoms with Gasteiger partial charge in [-0.2, -0.15) is 5.10 Å². The zero-order valence-electron chi connectivity index (χ0n) is 16.2. The van der Waals surface area contributed by atoms with Gasteiger partial charge in [-0.1, -0.05) is 30.3 Å². The standard InChI is InChI=1S/C21H27N5O2/c1-2-27-19(15-6-4-3-5-7-15)13-28-17-10-8-16(9-11-17)25-20-18-12-24-26-21(18)23-14-22-20/h3-7,12,14,16-17,19H,2,8-11,13H2,1H3,(H2,22,23,24,25,26)/t16-,17-,19?. The summed E-state index contributed by atoms with van der Waals surface area (Å²) in [5, 5.41) is 11.4. The highest BCUT2D eigenvalue weighted by molar-refractivity contribution is 5.85. The van der Waals surface area contributed by atoms with Gasteiger partial charge in [0.05, 0.1) is 24.3 Å². The number of anilines is 1. The summed E-state index contributed by atoms with van der Waals surface area (Å²) < 4.78 is 12.1. The van der Waals surface area contributed by atoms with E-state index in [1.807, 2.05) is 25.1 Å². The molecule has 1 unspecified atom stereocenters. The van der Waals surface area contributed by atoms with E-state index in [1.54, 1.807) is 12.5 Å². The van der Waals surface area contributed by atoms with Gasteiger partial charge in [0.25, 0.3) is 0 Å². The van der Waals surface area contributed by atoms with Crippen LogP contribution in [0, 0.1) is 0 Å². The van der Waals surface area contributed by atoms with Crippen molar-refractivity contribution in [2.24, 2.45) is 0 Å². The van der Waals surface area contributed by atoms with E-state index < -0.39 is 0 Å². The molecule has 7 heteroatoms. The van der Waals surface area contributed by atoms with Gasteiger partial charge in [0, 0.05) is 12.6 Å². The lowest BCUT2D eigenvalue weighted by Gasteiger charge is -2.30. The molecule has 0 spiro atoms. The van der Waals surface area contributed by atoms with E-state index in [2.05, 4.69) is 37.6 Å². The number of hydrogen-bond donors (Lipinski definition) is 2. The molecule has 1 aliphatic carbocycles. The van der Waals surface area contributed by atoms with Crippen LogP contribution in [0.4, 0.5) is 5.82 Å². The fourth-order valence-electron chi connectivity index (χ4n) is 3.78. The SMILES string of the molecule is CCOC(CO[C@H]1CC[C@H](Nc2ncnc3[nH]ncc23)CC1)c1ccccc1. The van der Waals surface area contributed by atoms with Crippen LogP contribution in [0.15, 0.2) is 42.9 Å². The van der Waals surface area contributed by atoms with E-state index in [9.17, 15) is 0 Å². The molecule has 0 amide bonds. The maximum atomic E-state index is 6.22. The molecule has 0 saturated heterocycles. The Morgan fingerprint density at radius 3 is 2.75 bits per heavy atom. The molecule has 1 aromatic carbocycles. The Bertz CT molecular complexity index is 861. The van der Waals surface area contributed by atoms with Gasteiger partial charge in [0.15, 0.2) is 5.65 Å². The van der Waals surface area contributed by atoms with Gasteiger partial charge in [0.2, 0.25) is 0 Å². The Kier molecular flexibility index (Phi) is 6.14. The summed E-state index contributed by atoms with van der Waals surface area (Å²) in [5.41, 5.74) is 1.94. The van der Waals surface area contributed by atoms with Gasteiger partial charge in [-0.3, -0.25) is 5.10 Å². The molecular weight excluding hydrogens is 354 g/mol. The first kappa shape index (κ1) is 18.8. The largest absolute Gasteiger partial charge is 0.375 e. The first-order chi connectivity index (χ1) is 13.8. The molecule has 1 fully saturated rings. The third-order valence-electron chi connectivity index (χ3n) is 5.29. The molecule has 0 bridgehead atoms. The number of aromatic amines is 1. The van der Waals surface area contributed by atoms with Crippen molar-refractivity contribution < 1.29 is 9.47 Å². The molecule has 148 valence electrons. The zero-order valence-corrected chi connectivity index (χ0v) is 16.2. The van der Waals surface area contributed by atoms with Gasteiger partial charge >= 0.3 is 0 Å². The van der Waals surface area contributed by atoms with Gasteiger partial charge in [-0.25, -0.2) is 9.97 Å². The zero-order chi connectivity index (χ0) is 19.2. The first-order valence-electron chi connectivity index (χ1n) is 10.0. The minimum Gasteiger partial charge on any atom is -0.375 e. The van der Waals surface area contributed by atoms with Crippen molar-refractivity contribution in [1.29, 1.82) is 0 Å². The number of fused-ring (bicyclic) bond motifs is 1. The molecule has 4 rings (SSSR count). The number of aromatic nitrogens is 4. The highest BCUT2D eigenvalue weighted by atomic mass is 16.5. The summed E-state index contributed by atoms with van der Waals surface area (Å²) in [4.78, 5) is 8.56. The van der Waals surface area contributed by atoms with E-state index >= 15 is 0 Å². The Balaban J connectivity index is 1.27. The van der Waals surface area contributed by atoms with Gasteiger partial charge in [-0.05, 0) is 38.2 Å². The minimum atomic E-state index is -0.00237. The molecule has 0 aliphatic heterocycles. The Labute approximate surface area is 164 Å². The van der Waals surface area contributed by atoms with E-state index in [0.717, 1.165) is 42.5 Å². The normalized spacial score (nSPS) is 20.9. The van der Waals surface area contributed by atoms with Crippen LogP contribution in [0.5, 0.6) is 0 Å². The summed E-state index contributed by atoms with van der Waals surface area (Å²) in [6.07, 6.45) is 7.79. The molecule has 1 aliphatic rings. The van der Waals surface area contributed by atoms with Crippen molar-refractivity contribution in [2.45, 2.75) is 50.9 Å². The van der Waals surface area contributed by atoms with Crippen molar-refractivity contribution >= 4 is 16.9 Å². The maximum absolute atomic E-state index is 6.22. The van der Waals surface area contributed by atoms with E-state index in [0.29, 0.717) is 19.3 Å². The van der Waals surface area contributed by atoms with Crippen LogP contribution in [-0.2, 0) is 9.47 Å². The highest BCUT2D eigenvalue weighted by Gasteiger charge is 2.24. The van der Waals surface area contributed by atoms with Crippen molar-refractivity contribution in [1.82, 2.24) is 20.2 Å². The van der Waals surface area contributed by atoms with Crippen molar-refractivity contribution in [2.75, 3.05) is 18.5 Å². The number of benzene rings is 1. The minimum absolute atomic E-state index is 0.00237. The molecule has 2 N–H and O–H groups in total. The Morgan fingerprint density at radius 1 is 1.14 bits per heavy atom. The average molecular weight is 381 g/mol. The van der Waals surface area contributed by atoms with Gasteiger partial charge in [-0.15, -0.1) is 0 Å². The van der Waals surface area contributed by atoms with Crippen LogP contribution in [0.3, 0.4) is 0 Å². The predicted octanol–water partition coefficient (Wildman–Crippen LogP) is 3.87. The molecule has 2 aromatic heterocycles. The predicted molar refractivity (Wildman–Crippen MR) is 108 cm³/mol. The molecule has 3 aromatic rings. The molecule has 1 saturated carbocycles. The summed E-state index contributed by atoms with van der Waals surface area (Å²) in [6.45, 7) is 3.31. The number of rotatable bonds is 8. The first-order valence-corrected chi connectivity index (χ1v) is 10.0. The van der Waals surface area contributed by atoms with E-state index in [1.165, 1.54) is 5.56 Å². The fourth-order valence-corrected chi connectivity index (χ4v) is 3.78. The van der Waals surface area contributed by atoms with Crippen molar-refractivity contribution in [3.05, 3.63) is 48.4 Å². The van der Waals surface area contributed by atoms with E-state index in [4.69, 9.17) is 9.47 Å². The maximum Gasteiger partial charge on any atom is 0.160 e. The molecule has 0 radical (unpaired) electrons. The number of hydrogen-bond acceptors (Lipinski definition) is 6. The number of H-pyrrole nitrogens is 1. The van der Waals surface area contributed by atoms with Crippen LogP contribution in [-0.4, -0.2) is 45.5 Å². The number of ether oxygens (including phenoxy) is 2. The van der Waals surface area contributed by atoms with Crippen LogP contribution < -0.4 is 5.32 Å². The lowest BCUT2D eigenvalue weighted by atomic mass is 9.93. The molecule has 1 atom stereocenters. The second-order valence-corrected chi connectivity index (χ2v) is 7.16. The monoisotopic (exact) mass is 381 g/mol. The number of nitrogens with one attached hydrogen (secondary N) is 2. The van der Waals surface area contributed by atoms with Crippen molar-refractivity contribution in [3.63, 3.8) is 0 Å². The molecule has 7 nitrogen and oxygen atoms in total. The smallest absolute Gasteiger partial charge is 0.160 e.